The zero-order chi connectivity index (χ0) is 63.5. The average molecular weight is 1270 g/mol. The van der Waals surface area contributed by atoms with Gasteiger partial charge in [0.15, 0.2) is 12.2 Å². The molecule has 17 nitrogen and oxygen atoms in total. The van der Waals surface area contributed by atoms with E-state index >= 15 is 0 Å². The fourth-order valence-corrected chi connectivity index (χ4v) is 11.7. The molecule has 0 spiro atoms. The Morgan fingerprint density at radius 1 is 0.314 bits per heavy atom. The Morgan fingerprint density at radius 3 is 0.791 bits per heavy atom. The lowest BCUT2D eigenvalue weighted by Gasteiger charge is -2.21. The number of hydrogen-bond donors (Lipinski definition) is 3. The fraction of sp³-hybridized carbons (Fsp3) is 0.940. The van der Waals surface area contributed by atoms with Gasteiger partial charge in [0.1, 0.15) is 19.3 Å². The van der Waals surface area contributed by atoms with Gasteiger partial charge >= 0.3 is 39.5 Å². The predicted octanol–water partition coefficient (Wildman–Crippen LogP) is 19.0. The molecule has 0 radical (unpaired) electrons. The molecule has 0 amide bonds. The number of unbranched alkanes of at least 4 members (excludes halogenated alkanes) is 39. The number of phosphoric ester groups is 2. The van der Waals surface area contributed by atoms with Gasteiger partial charge in [-0.05, 0) is 31.6 Å². The molecular weight excluding hydrogens is 1140 g/mol. The highest BCUT2D eigenvalue weighted by atomic mass is 31.2. The zero-order valence-corrected chi connectivity index (χ0v) is 57.2. The number of hydrogen-bond acceptors (Lipinski definition) is 15. The van der Waals surface area contributed by atoms with Crippen molar-refractivity contribution in [2.24, 2.45) is 5.92 Å². The molecule has 0 aliphatic carbocycles. The molecule has 0 saturated carbocycles. The zero-order valence-electron chi connectivity index (χ0n) is 55.4. The number of aliphatic hydroxyl groups is 1. The van der Waals surface area contributed by atoms with Gasteiger partial charge in [0.05, 0.1) is 26.4 Å². The summed E-state index contributed by atoms with van der Waals surface area (Å²) in [5.74, 6) is -1.36. The lowest BCUT2D eigenvalue weighted by Crippen LogP contribution is -2.30. The molecule has 0 aromatic heterocycles. The monoisotopic (exact) mass is 1270 g/mol. The topological polar surface area (TPSA) is 237 Å². The maximum Gasteiger partial charge on any atom is 0.472 e. The average Bonchev–Trinajstić information content (AvgIpc) is 3.68. The first kappa shape index (κ1) is 84.1. The molecule has 0 saturated heterocycles. The van der Waals surface area contributed by atoms with Crippen LogP contribution in [0.4, 0.5) is 0 Å². The number of esters is 4. The molecule has 0 aliphatic heterocycles. The molecule has 0 bridgehead atoms. The molecule has 19 heteroatoms. The maximum absolute atomic E-state index is 13.0. The summed E-state index contributed by atoms with van der Waals surface area (Å²) in [5.41, 5.74) is 0. The third-order valence-electron chi connectivity index (χ3n) is 15.5. The van der Waals surface area contributed by atoms with Crippen molar-refractivity contribution >= 4 is 39.5 Å². The Kier molecular flexibility index (Phi) is 59.2. The van der Waals surface area contributed by atoms with Crippen molar-refractivity contribution in [2.75, 3.05) is 39.6 Å². The normalized spacial score (nSPS) is 14.2. The summed E-state index contributed by atoms with van der Waals surface area (Å²) in [7, 11) is -9.88. The van der Waals surface area contributed by atoms with Crippen LogP contribution in [0.1, 0.15) is 343 Å². The van der Waals surface area contributed by atoms with Crippen LogP contribution in [0.2, 0.25) is 0 Å². The summed E-state index contributed by atoms with van der Waals surface area (Å²) >= 11 is 0. The van der Waals surface area contributed by atoms with Crippen LogP contribution in [0.3, 0.4) is 0 Å². The van der Waals surface area contributed by atoms with E-state index in [2.05, 4.69) is 34.6 Å². The number of carbonyl (C=O) groups excluding carboxylic acids is 4. The quantitative estimate of drug-likeness (QED) is 0.0222. The summed E-state index contributed by atoms with van der Waals surface area (Å²) in [6, 6.07) is 0. The van der Waals surface area contributed by atoms with Gasteiger partial charge in [-0.15, -0.1) is 0 Å². The van der Waals surface area contributed by atoms with Gasteiger partial charge in [-0.1, -0.05) is 291 Å². The summed E-state index contributed by atoms with van der Waals surface area (Å²) in [5, 5.41) is 10.5. The molecule has 5 atom stereocenters. The molecule has 0 aromatic rings. The van der Waals surface area contributed by atoms with E-state index in [9.17, 15) is 43.2 Å². The van der Waals surface area contributed by atoms with E-state index in [1.54, 1.807) is 0 Å². The molecule has 0 heterocycles. The molecule has 3 N–H and O–H groups in total. The maximum atomic E-state index is 13.0. The Balaban J connectivity index is 5.17. The van der Waals surface area contributed by atoms with Crippen molar-refractivity contribution in [1.29, 1.82) is 0 Å². The number of aliphatic hydroxyl groups excluding tert-OH is 1. The second kappa shape index (κ2) is 60.6. The van der Waals surface area contributed by atoms with E-state index < -0.39 is 97.5 Å². The first-order valence-corrected chi connectivity index (χ1v) is 38.1. The largest absolute Gasteiger partial charge is 0.472 e. The highest BCUT2D eigenvalue weighted by molar-refractivity contribution is 7.47. The van der Waals surface area contributed by atoms with Gasteiger partial charge in [0.2, 0.25) is 0 Å². The van der Waals surface area contributed by atoms with E-state index in [1.807, 2.05) is 0 Å². The Morgan fingerprint density at radius 2 is 0.535 bits per heavy atom. The first-order chi connectivity index (χ1) is 41.5. The Labute approximate surface area is 524 Å². The lowest BCUT2D eigenvalue weighted by atomic mass is 10.0. The van der Waals surface area contributed by atoms with Crippen molar-refractivity contribution < 1.29 is 80.2 Å². The van der Waals surface area contributed by atoms with Gasteiger partial charge in [0.25, 0.3) is 0 Å². The van der Waals surface area contributed by atoms with Crippen LogP contribution in [0.15, 0.2) is 0 Å². The minimum absolute atomic E-state index is 0.105. The molecule has 0 aromatic carbocycles. The second-order valence-corrected chi connectivity index (χ2v) is 27.6. The van der Waals surface area contributed by atoms with Crippen LogP contribution < -0.4 is 0 Å². The summed E-state index contributed by atoms with van der Waals surface area (Å²) in [4.78, 5) is 72.2. The minimum Gasteiger partial charge on any atom is -0.462 e. The van der Waals surface area contributed by atoms with Gasteiger partial charge in [-0.2, -0.15) is 0 Å². The third kappa shape index (κ3) is 60.9. The van der Waals surface area contributed by atoms with E-state index in [4.69, 9.17) is 37.0 Å². The van der Waals surface area contributed by atoms with Gasteiger partial charge in [-0.25, -0.2) is 9.13 Å². The predicted molar refractivity (Wildman–Crippen MR) is 345 cm³/mol. The second-order valence-electron chi connectivity index (χ2n) is 24.7. The SMILES string of the molecule is CCCCCCCCCCCCCCCCCCCC(=O)O[C@H](COC(=O)CCCCCCCCCCCCCC(C)C)COP(=O)(O)OC[C@@H](O)COP(=O)(O)OC[C@@H](COC(=O)CCCCCCCCC)OC(=O)CCCCCCCCCC. The third-order valence-corrected chi connectivity index (χ3v) is 17.4. The number of phosphoric acid groups is 2. The van der Waals surface area contributed by atoms with E-state index in [0.29, 0.717) is 25.7 Å². The molecule has 0 rings (SSSR count). The van der Waals surface area contributed by atoms with Crippen LogP contribution >= 0.6 is 15.6 Å². The van der Waals surface area contributed by atoms with E-state index in [0.717, 1.165) is 115 Å². The van der Waals surface area contributed by atoms with Crippen LogP contribution in [0.5, 0.6) is 0 Å². The highest BCUT2D eigenvalue weighted by Gasteiger charge is 2.30. The van der Waals surface area contributed by atoms with Crippen molar-refractivity contribution in [3.05, 3.63) is 0 Å². The van der Waals surface area contributed by atoms with Crippen LogP contribution in [-0.4, -0.2) is 96.7 Å². The standard InChI is InChI=1S/C67H130O17P2/c1-6-9-12-15-18-20-21-22-23-24-25-26-29-33-38-43-48-53-67(72)84-63(57-78-65(70)51-46-41-37-32-30-27-28-31-35-39-44-49-60(4)5)59-82-86(75,76)80-55-61(68)54-79-85(73,74)81-58-62(56-77-64(69)50-45-40-34-17-14-11-8-3)83-66(71)52-47-42-36-19-16-13-10-7-2/h60-63,68H,6-59H2,1-5H3,(H,73,74)(H,75,76)/t61-,62+,63+/m0/s1. The summed E-state index contributed by atoms with van der Waals surface area (Å²) in [6.07, 6.45) is 46.0. The van der Waals surface area contributed by atoms with Gasteiger partial charge < -0.3 is 33.8 Å². The highest BCUT2D eigenvalue weighted by Crippen LogP contribution is 2.45. The first-order valence-electron chi connectivity index (χ1n) is 35.1. The Bertz CT molecular complexity index is 1670. The number of carbonyl (C=O) groups is 4. The number of rotatable bonds is 67. The summed E-state index contributed by atoms with van der Waals surface area (Å²) < 4.78 is 68.0. The molecular formula is C67H130O17P2. The lowest BCUT2D eigenvalue weighted by molar-refractivity contribution is -0.161. The fourth-order valence-electron chi connectivity index (χ4n) is 10.1. The molecule has 86 heavy (non-hydrogen) atoms. The van der Waals surface area contributed by atoms with Gasteiger partial charge in [0, 0.05) is 25.7 Å². The van der Waals surface area contributed by atoms with E-state index in [1.165, 1.54) is 148 Å². The van der Waals surface area contributed by atoms with Crippen LogP contribution in [-0.2, 0) is 65.4 Å². The minimum atomic E-state index is -4.95. The smallest absolute Gasteiger partial charge is 0.462 e. The van der Waals surface area contributed by atoms with Crippen LogP contribution in [0, 0.1) is 5.92 Å². The van der Waals surface area contributed by atoms with Crippen molar-refractivity contribution in [3.8, 4) is 0 Å². The summed E-state index contributed by atoms with van der Waals surface area (Å²) in [6.45, 7) is 7.16. The molecule has 510 valence electrons. The number of ether oxygens (including phenoxy) is 4. The van der Waals surface area contributed by atoms with Crippen molar-refractivity contribution in [1.82, 2.24) is 0 Å². The van der Waals surface area contributed by atoms with Crippen LogP contribution in [0.25, 0.3) is 0 Å². The molecule has 0 aliphatic rings. The van der Waals surface area contributed by atoms with Crippen molar-refractivity contribution in [2.45, 2.75) is 361 Å². The molecule has 0 fully saturated rings. The van der Waals surface area contributed by atoms with Crippen molar-refractivity contribution in [3.63, 3.8) is 0 Å². The molecule has 2 unspecified atom stereocenters. The van der Waals surface area contributed by atoms with Gasteiger partial charge in [-0.3, -0.25) is 37.3 Å². The van der Waals surface area contributed by atoms with E-state index in [-0.39, 0.29) is 25.7 Å². The Hall–Kier alpha value is -1.94.